The third kappa shape index (κ3) is 4.52. The van der Waals surface area contributed by atoms with Crippen molar-refractivity contribution in [1.82, 2.24) is 9.80 Å². The molecule has 0 radical (unpaired) electrons. The Morgan fingerprint density at radius 3 is 2.50 bits per heavy atom. The van der Waals surface area contributed by atoms with Crippen molar-refractivity contribution >= 4 is 15.9 Å². The number of carbonyl (C=O) groups is 1. The Hall–Kier alpha value is -0.960. The van der Waals surface area contributed by atoms with Crippen molar-refractivity contribution in [1.29, 1.82) is 0 Å². The van der Waals surface area contributed by atoms with Crippen molar-refractivity contribution in [2.45, 2.75) is 19.4 Å². The second-order valence-electron chi connectivity index (χ2n) is 6.07. The zero-order valence-corrected chi connectivity index (χ0v) is 13.8. The van der Waals surface area contributed by atoms with Gasteiger partial charge in [-0.15, -0.1) is 0 Å². The maximum atomic E-state index is 12.6. The molecule has 2 saturated heterocycles. The molecule has 0 aromatic carbocycles. The summed E-state index contributed by atoms with van der Waals surface area (Å²) >= 11 is 0. The minimum atomic E-state index is -3.43. The molecule has 126 valence electrons. The van der Waals surface area contributed by atoms with Crippen molar-refractivity contribution in [3.63, 3.8) is 0 Å². The van der Waals surface area contributed by atoms with Crippen LogP contribution in [0.3, 0.4) is 0 Å². The molecule has 0 aliphatic carbocycles. The number of hydrogen-bond donors (Lipinski definition) is 1. The summed E-state index contributed by atoms with van der Waals surface area (Å²) in [4.78, 5) is 16.5. The van der Waals surface area contributed by atoms with Gasteiger partial charge in [-0.2, -0.15) is 0 Å². The lowest BCUT2D eigenvalue weighted by molar-refractivity contribution is -0.138. The highest BCUT2D eigenvalue weighted by Crippen LogP contribution is 2.27. The molecular formula is C14H25N3O4S. The van der Waals surface area contributed by atoms with Crippen molar-refractivity contribution in [3.05, 3.63) is 12.2 Å². The van der Waals surface area contributed by atoms with Gasteiger partial charge in [0.05, 0.1) is 17.8 Å². The fourth-order valence-corrected chi connectivity index (χ4v) is 3.52. The zero-order valence-electron chi connectivity index (χ0n) is 13.0. The first kappa shape index (κ1) is 17.4. The smallest absolute Gasteiger partial charge is 0.228 e. The van der Waals surface area contributed by atoms with E-state index in [0.29, 0.717) is 39.3 Å². The van der Waals surface area contributed by atoms with Gasteiger partial charge in [0.1, 0.15) is 0 Å². The highest BCUT2D eigenvalue weighted by molar-refractivity contribution is 7.89. The Morgan fingerprint density at radius 1 is 1.32 bits per heavy atom. The quantitative estimate of drug-likeness (QED) is 0.679. The van der Waals surface area contributed by atoms with Crippen LogP contribution in [0.1, 0.15) is 13.3 Å². The highest BCUT2D eigenvalue weighted by atomic mass is 32.2. The standard InChI is InChI=1S/C14H25N3O4S/c1-11(2)13-12(3-9-21-13)14(18)17-6-4-16(5-7-17)8-10-22(15,19)20/h12-13H,1,3-10H2,2H3,(H2,15,19,20)/t12-,13-/m0/s1. The predicted octanol–water partition coefficient (Wildman–Crippen LogP) is -0.600. The van der Waals surface area contributed by atoms with Crippen LogP contribution in [-0.2, 0) is 19.6 Å². The predicted molar refractivity (Wildman–Crippen MR) is 83.7 cm³/mol. The number of carbonyl (C=O) groups excluding carboxylic acids is 1. The molecule has 0 unspecified atom stereocenters. The summed E-state index contributed by atoms with van der Waals surface area (Å²) in [6.45, 7) is 9.38. The van der Waals surface area contributed by atoms with E-state index >= 15 is 0 Å². The number of ether oxygens (including phenoxy) is 1. The van der Waals surface area contributed by atoms with Crippen LogP contribution in [0.15, 0.2) is 12.2 Å². The molecule has 7 nitrogen and oxygen atoms in total. The third-order valence-electron chi connectivity index (χ3n) is 4.27. The number of hydrogen-bond acceptors (Lipinski definition) is 5. The van der Waals surface area contributed by atoms with E-state index in [9.17, 15) is 13.2 Å². The largest absolute Gasteiger partial charge is 0.373 e. The van der Waals surface area contributed by atoms with E-state index in [4.69, 9.17) is 9.88 Å². The maximum absolute atomic E-state index is 12.6. The number of sulfonamides is 1. The number of amides is 1. The summed E-state index contributed by atoms with van der Waals surface area (Å²) in [5.41, 5.74) is 0.891. The molecule has 2 aliphatic rings. The summed E-state index contributed by atoms with van der Waals surface area (Å²) in [5, 5.41) is 5.01. The average Bonchev–Trinajstić information content (AvgIpc) is 2.94. The number of rotatable bonds is 5. The first-order chi connectivity index (χ1) is 10.3. The summed E-state index contributed by atoms with van der Waals surface area (Å²) in [6.07, 6.45) is 0.565. The first-order valence-corrected chi connectivity index (χ1v) is 9.28. The Balaban J connectivity index is 1.83. The van der Waals surface area contributed by atoms with Gasteiger partial charge in [0.2, 0.25) is 15.9 Å². The van der Waals surface area contributed by atoms with E-state index in [1.807, 2.05) is 16.7 Å². The van der Waals surface area contributed by atoms with Crippen LogP contribution < -0.4 is 5.14 Å². The van der Waals surface area contributed by atoms with Crippen molar-refractivity contribution < 1.29 is 17.9 Å². The monoisotopic (exact) mass is 331 g/mol. The fraction of sp³-hybridized carbons (Fsp3) is 0.786. The SMILES string of the molecule is C=C(C)[C@@H]1OCC[C@@H]1C(=O)N1CCN(CCS(N)(=O)=O)CC1. The topological polar surface area (TPSA) is 92.9 Å². The van der Waals surface area contributed by atoms with Crippen molar-refractivity contribution in [3.8, 4) is 0 Å². The maximum Gasteiger partial charge on any atom is 0.228 e. The molecule has 0 saturated carbocycles. The van der Waals surface area contributed by atoms with Gasteiger partial charge in [0, 0.05) is 39.3 Å². The van der Waals surface area contributed by atoms with E-state index in [2.05, 4.69) is 6.58 Å². The Morgan fingerprint density at radius 2 is 1.95 bits per heavy atom. The molecule has 2 rings (SSSR count). The molecular weight excluding hydrogens is 306 g/mol. The summed E-state index contributed by atoms with van der Waals surface area (Å²) in [6, 6.07) is 0. The van der Waals surface area contributed by atoms with E-state index in [1.165, 1.54) is 0 Å². The number of nitrogens with two attached hydrogens (primary N) is 1. The van der Waals surface area contributed by atoms with Gasteiger partial charge in [-0.05, 0) is 13.3 Å². The van der Waals surface area contributed by atoms with Crippen molar-refractivity contribution in [2.75, 3.05) is 45.1 Å². The fourth-order valence-electron chi connectivity index (χ4n) is 3.01. The molecule has 2 heterocycles. The molecule has 0 aromatic rings. The lowest BCUT2D eigenvalue weighted by Gasteiger charge is -2.36. The summed E-state index contributed by atoms with van der Waals surface area (Å²) in [7, 11) is -3.43. The van der Waals surface area contributed by atoms with Crippen LogP contribution in [0.2, 0.25) is 0 Å². The number of primary sulfonamides is 1. The minimum absolute atomic E-state index is 0.0465. The van der Waals surface area contributed by atoms with Gasteiger partial charge >= 0.3 is 0 Å². The Labute approximate surface area is 132 Å². The molecule has 2 fully saturated rings. The van der Waals surface area contributed by atoms with Gasteiger partial charge in [-0.25, -0.2) is 13.6 Å². The molecule has 2 aliphatic heterocycles. The molecule has 2 atom stereocenters. The van der Waals surface area contributed by atoms with Gasteiger partial charge in [0.15, 0.2) is 0 Å². The second kappa shape index (κ2) is 7.08. The van der Waals surface area contributed by atoms with Crippen LogP contribution >= 0.6 is 0 Å². The molecule has 0 spiro atoms. The van der Waals surface area contributed by atoms with E-state index < -0.39 is 10.0 Å². The molecule has 2 N–H and O–H groups in total. The van der Waals surface area contributed by atoms with Gasteiger partial charge in [-0.3, -0.25) is 9.69 Å². The van der Waals surface area contributed by atoms with Crippen molar-refractivity contribution in [2.24, 2.45) is 11.1 Å². The number of piperazine rings is 1. The Kier molecular flexibility index (Phi) is 5.60. The van der Waals surface area contributed by atoms with Crippen LogP contribution in [0.5, 0.6) is 0 Å². The lowest BCUT2D eigenvalue weighted by Crippen LogP contribution is -2.52. The molecule has 8 heteroatoms. The van der Waals surface area contributed by atoms with Crippen LogP contribution in [-0.4, -0.2) is 75.3 Å². The van der Waals surface area contributed by atoms with E-state index in [0.717, 1.165) is 12.0 Å². The minimum Gasteiger partial charge on any atom is -0.373 e. The van der Waals surface area contributed by atoms with E-state index in [-0.39, 0.29) is 23.7 Å². The summed E-state index contributed by atoms with van der Waals surface area (Å²) < 4.78 is 27.6. The van der Waals surface area contributed by atoms with Crippen LogP contribution in [0.4, 0.5) is 0 Å². The Bertz CT molecular complexity index is 526. The third-order valence-corrected chi connectivity index (χ3v) is 5.02. The lowest BCUT2D eigenvalue weighted by atomic mass is 9.95. The molecule has 0 aromatic heterocycles. The summed E-state index contributed by atoms with van der Waals surface area (Å²) in [5.74, 6) is -0.0557. The van der Waals surface area contributed by atoms with Gasteiger partial charge < -0.3 is 9.64 Å². The molecule has 1 amide bonds. The first-order valence-electron chi connectivity index (χ1n) is 7.56. The number of nitrogens with zero attached hydrogens (tertiary/aromatic N) is 2. The highest BCUT2D eigenvalue weighted by Gasteiger charge is 2.37. The van der Waals surface area contributed by atoms with Crippen LogP contribution in [0, 0.1) is 5.92 Å². The molecule has 22 heavy (non-hydrogen) atoms. The van der Waals surface area contributed by atoms with Gasteiger partial charge in [0.25, 0.3) is 0 Å². The van der Waals surface area contributed by atoms with Crippen LogP contribution in [0.25, 0.3) is 0 Å². The van der Waals surface area contributed by atoms with Gasteiger partial charge in [-0.1, -0.05) is 12.2 Å². The second-order valence-corrected chi connectivity index (χ2v) is 7.80. The normalized spacial score (nSPS) is 27.1. The van der Waals surface area contributed by atoms with E-state index in [1.54, 1.807) is 0 Å². The zero-order chi connectivity index (χ0) is 16.3. The molecule has 0 bridgehead atoms. The average molecular weight is 331 g/mol.